The fraction of sp³-hybridized carbons (Fsp3) is 0.0577. The zero-order valence-corrected chi connectivity index (χ0v) is 31.1. The lowest BCUT2D eigenvalue weighted by Crippen LogP contribution is -2.17. The Morgan fingerprint density at radius 2 is 1.30 bits per heavy atom. The van der Waals surface area contributed by atoms with Crippen molar-refractivity contribution in [1.82, 2.24) is 15.0 Å². The van der Waals surface area contributed by atoms with Crippen LogP contribution in [0.2, 0.25) is 0 Å². The Labute approximate surface area is 328 Å². The van der Waals surface area contributed by atoms with Crippen LogP contribution in [0, 0.1) is 0 Å². The Bertz CT molecular complexity index is 3410. The average molecular weight is 734 g/mol. The van der Waals surface area contributed by atoms with Gasteiger partial charge in [-0.3, -0.25) is 0 Å². The monoisotopic (exact) mass is 733 g/mol. The largest absolute Gasteiger partial charge is 0.456 e. The maximum atomic E-state index is 6.44. The Morgan fingerprint density at radius 3 is 2.18 bits per heavy atom. The first-order chi connectivity index (χ1) is 28.2. The van der Waals surface area contributed by atoms with Gasteiger partial charge in [0.25, 0.3) is 0 Å². The molecule has 0 saturated carbocycles. The summed E-state index contributed by atoms with van der Waals surface area (Å²) in [7, 11) is 0. The second-order valence-electron chi connectivity index (χ2n) is 14.7. The van der Waals surface area contributed by atoms with E-state index >= 15 is 0 Å². The molecular weight excluding hydrogens is 699 g/mol. The Balaban J connectivity index is 1.07. The molecule has 0 spiro atoms. The molecule has 7 aromatic carbocycles. The molecule has 0 bridgehead atoms. The van der Waals surface area contributed by atoms with Crippen molar-refractivity contribution in [1.29, 1.82) is 0 Å². The number of benzene rings is 7. The third-order valence-corrected chi connectivity index (χ3v) is 11.3. The molecule has 11 rings (SSSR count). The van der Waals surface area contributed by atoms with E-state index in [4.69, 9.17) is 23.8 Å². The molecular formula is C52H35N3O2. The van der Waals surface area contributed by atoms with Gasteiger partial charge in [-0.15, -0.1) is 0 Å². The maximum Gasteiger partial charge on any atom is 0.165 e. The number of hydrogen-bond donors (Lipinski definition) is 0. The molecule has 57 heavy (non-hydrogen) atoms. The molecule has 0 saturated heterocycles. The number of hydrogen-bond acceptors (Lipinski definition) is 5. The minimum atomic E-state index is 0.623. The summed E-state index contributed by atoms with van der Waals surface area (Å²) in [6.45, 7) is 4.37. The van der Waals surface area contributed by atoms with Gasteiger partial charge in [-0.2, -0.15) is 0 Å². The number of allylic oxidation sites excluding steroid dienone is 3. The van der Waals surface area contributed by atoms with Crippen LogP contribution in [0.4, 0.5) is 0 Å². The first-order valence-electron chi connectivity index (χ1n) is 19.4. The molecule has 5 heteroatoms. The third kappa shape index (κ3) is 5.66. The number of nitrogens with zero attached hydrogens (tertiary/aromatic N) is 3. The van der Waals surface area contributed by atoms with Crippen molar-refractivity contribution in [2.24, 2.45) is 0 Å². The normalized spacial score (nSPS) is 13.4. The minimum absolute atomic E-state index is 0.623. The topological polar surface area (TPSA) is 65.0 Å². The molecule has 0 unspecified atom stereocenters. The molecule has 0 N–H and O–H groups in total. The van der Waals surface area contributed by atoms with E-state index in [1.807, 2.05) is 48.5 Å². The highest BCUT2D eigenvalue weighted by Crippen LogP contribution is 2.40. The first-order valence-corrected chi connectivity index (χ1v) is 19.4. The van der Waals surface area contributed by atoms with Crippen molar-refractivity contribution in [3.8, 4) is 22.8 Å². The second kappa shape index (κ2) is 13.4. The van der Waals surface area contributed by atoms with Gasteiger partial charge in [0.15, 0.2) is 17.5 Å². The van der Waals surface area contributed by atoms with Crippen molar-refractivity contribution in [3.05, 3.63) is 185 Å². The molecule has 5 nitrogen and oxygen atoms in total. The lowest BCUT2D eigenvalue weighted by atomic mass is 9.88. The summed E-state index contributed by atoms with van der Waals surface area (Å²) >= 11 is 0. The van der Waals surface area contributed by atoms with Gasteiger partial charge in [-0.05, 0) is 88.0 Å². The lowest BCUT2D eigenvalue weighted by Gasteiger charge is -2.19. The van der Waals surface area contributed by atoms with E-state index < -0.39 is 0 Å². The number of furan rings is 2. The highest BCUT2D eigenvalue weighted by Gasteiger charge is 2.23. The summed E-state index contributed by atoms with van der Waals surface area (Å²) in [6.07, 6.45) is 10.9. The molecule has 3 heterocycles. The van der Waals surface area contributed by atoms with Crippen LogP contribution >= 0.6 is 0 Å². The smallest absolute Gasteiger partial charge is 0.165 e. The van der Waals surface area contributed by atoms with Crippen LogP contribution in [0.25, 0.3) is 102 Å². The molecule has 0 atom stereocenters. The lowest BCUT2D eigenvalue weighted by molar-refractivity contribution is 0.579. The van der Waals surface area contributed by atoms with Gasteiger partial charge in [0.05, 0.1) is 0 Å². The molecule has 1 aliphatic rings. The Hall–Kier alpha value is -7.37. The Morgan fingerprint density at radius 1 is 0.579 bits per heavy atom. The molecule has 1 aliphatic carbocycles. The van der Waals surface area contributed by atoms with Crippen LogP contribution in [0.3, 0.4) is 0 Å². The molecule has 0 radical (unpaired) electrons. The predicted molar refractivity (Wildman–Crippen MR) is 234 cm³/mol. The second-order valence-corrected chi connectivity index (χ2v) is 14.7. The quantitative estimate of drug-likeness (QED) is 0.170. The van der Waals surface area contributed by atoms with Gasteiger partial charge >= 0.3 is 0 Å². The summed E-state index contributed by atoms with van der Waals surface area (Å²) in [5.41, 5.74) is 9.88. The fourth-order valence-corrected chi connectivity index (χ4v) is 8.48. The van der Waals surface area contributed by atoms with Crippen molar-refractivity contribution in [2.75, 3.05) is 0 Å². The fourth-order valence-electron chi connectivity index (χ4n) is 8.48. The van der Waals surface area contributed by atoms with Gasteiger partial charge in [-0.25, -0.2) is 15.0 Å². The minimum Gasteiger partial charge on any atom is -0.456 e. The van der Waals surface area contributed by atoms with Gasteiger partial charge in [0.1, 0.15) is 22.2 Å². The van der Waals surface area contributed by atoms with Crippen molar-refractivity contribution >= 4 is 78.8 Å². The summed E-state index contributed by atoms with van der Waals surface area (Å²) < 4.78 is 12.8. The standard InChI is InChI=1S/C52H35N3O2/c1-32-39-28-25-34-14-6-9-19-42(34)49(39)57-44(32)21-11-7-15-35-27-30-46-48(43-20-10-12-22-45(43)56-46)47(35)52-54-50(36-16-3-2-4-17-36)53-51(55-52)38-26-29-41-37(31-38)24-23-33-13-5-8-18-40(33)41/h2-14,16-25,27-28,30-31H,1,15,26,29H2/b11-7-,44-21+. The molecule has 0 fully saturated rings. The van der Waals surface area contributed by atoms with Crippen LogP contribution in [0.15, 0.2) is 161 Å². The van der Waals surface area contributed by atoms with E-state index in [1.54, 1.807) is 0 Å². The zero-order valence-electron chi connectivity index (χ0n) is 31.1. The zero-order chi connectivity index (χ0) is 37.9. The van der Waals surface area contributed by atoms with Gasteiger partial charge < -0.3 is 8.83 Å². The van der Waals surface area contributed by atoms with Crippen molar-refractivity contribution in [3.63, 3.8) is 0 Å². The molecule has 0 amide bonds. The number of para-hydroxylation sites is 1. The average Bonchev–Trinajstić information content (AvgIpc) is 3.81. The molecule has 3 aromatic heterocycles. The predicted octanol–water partition coefficient (Wildman–Crippen LogP) is 11.6. The number of fused-ring (bicyclic) bond motifs is 9. The number of rotatable bonds is 6. The summed E-state index contributed by atoms with van der Waals surface area (Å²) in [5.74, 6) is 1.95. The summed E-state index contributed by atoms with van der Waals surface area (Å²) in [4.78, 5) is 15.7. The van der Waals surface area contributed by atoms with Crippen LogP contribution in [0.5, 0.6) is 0 Å². The summed E-state index contributed by atoms with van der Waals surface area (Å²) in [6, 6.07) is 48.1. The van der Waals surface area contributed by atoms with E-state index in [0.717, 1.165) is 89.4 Å². The SMILES string of the molecule is C=c1/c(=C\C=C/Cc2ccc3oc4ccccc4c3c2-c2nc(C3=Cc4ccc5ccccc5c4CC3)nc(-c3ccccc3)n2)oc2c1ccc1ccccc12. The van der Waals surface area contributed by atoms with Crippen LogP contribution in [-0.2, 0) is 12.8 Å². The molecule has 10 aromatic rings. The van der Waals surface area contributed by atoms with E-state index in [9.17, 15) is 0 Å². The first kappa shape index (κ1) is 33.0. The van der Waals surface area contributed by atoms with Crippen LogP contribution in [0.1, 0.15) is 28.9 Å². The van der Waals surface area contributed by atoms with Crippen molar-refractivity contribution in [2.45, 2.75) is 19.3 Å². The van der Waals surface area contributed by atoms with E-state index in [-0.39, 0.29) is 0 Å². The van der Waals surface area contributed by atoms with Crippen LogP contribution < -0.4 is 10.6 Å². The van der Waals surface area contributed by atoms with Gasteiger partial charge in [-0.1, -0.05) is 140 Å². The molecule has 270 valence electrons. The highest BCUT2D eigenvalue weighted by molar-refractivity contribution is 6.12. The van der Waals surface area contributed by atoms with E-state index in [1.165, 1.54) is 21.9 Å². The Kier molecular flexibility index (Phi) is 7.78. The van der Waals surface area contributed by atoms with Crippen LogP contribution in [-0.4, -0.2) is 15.0 Å². The number of aryl methyl sites for hydroxylation is 1. The van der Waals surface area contributed by atoms with Gasteiger partial charge in [0.2, 0.25) is 0 Å². The number of aromatic nitrogens is 3. The van der Waals surface area contributed by atoms with Gasteiger partial charge in [0, 0.05) is 37.9 Å². The molecule has 0 aliphatic heterocycles. The maximum absolute atomic E-state index is 6.44. The highest BCUT2D eigenvalue weighted by atomic mass is 16.3. The van der Waals surface area contributed by atoms with Crippen molar-refractivity contribution < 1.29 is 8.83 Å². The van der Waals surface area contributed by atoms with E-state index in [2.05, 4.69) is 122 Å². The summed E-state index contributed by atoms with van der Waals surface area (Å²) in [5, 5.41) is 8.73. The van der Waals surface area contributed by atoms with E-state index in [0.29, 0.717) is 23.9 Å². The third-order valence-electron chi connectivity index (χ3n) is 11.3.